The second-order valence-electron chi connectivity index (χ2n) is 5.73. The van der Waals surface area contributed by atoms with Crippen LogP contribution in [0.15, 0.2) is 47.6 Å². The van der Waals surface area contributed by atoms with Gasteiger partial charge in [-0.1, -0.05) is 0 Å². The topological polar surface area (TPSA) is 73.7 Å². The lowest BCUT2D eigenvalue weighted by Gasteiger charge is -2.38. The summed E-state index contributed by atoms with van der Waals surface area (Å²) in [6.07, 6.45) is -0.145. The zero-order chi connectivity index (χ0) is 18.7. The Kier molecular flexibility index (Phi) is 4.99. The molecule has 1 aromatic carbocycles. The summed E-state index contributed by atoms with van der Waals surface area (Å²) in [5.74, 6) is -0.295. The molecule has 2 atom stereocenters. The summed E-state index contributed by atoms with van der Waals surface area (Å²) in [6, 6.07) is 7.06. The van der Waals surface area contributed by atoms with Gasteiger partial charge >= 0.3 is 6.36 Å². The average molecular weight is 366 g/mol. The number of nitrogens with zero attached hydrogens (tertiary/aromatic N) is 3. The Labute approximate surface area is 147 Å². The lowest BCUT2D eigenvalue weighted by molar-refractivity contribution is -0.274. The van der Waals surface area contributed by atoms with E-state index in [-0.39, 0.29) is 18.4 Å². The molecule has 0 saturated heterocycles. The van der Waals surface area contributed by atoms with Crippen molar-refractivity contribution in [1.29, 1.82) is 0 Å². The lowest BCUT2D eigenvalue weighted by atomic mass is 10.1. The molecular weight excluding hydrogens is 349 g/mol. The molecule has 138 valence electrons. The van der Waals surface area contributed by atoms with Crippen molar-refractivity contribution in [2.24, 2.45) is 4.99 Å². The normalized spacial score (nSPS) is 18.6. The van der Waals surface area contributed by atoms with Gasteiger partial charge in [0.15, 0.2) is 6.17 Å². The monoisotopic (exact) mass is 366 g/mol. The van der Waals surface area contributed by atoms with E-state index in [0.29, 0.717) is 17.0 Å². The zero-order valence-corrected chi connectivity index (χ0v) is 13.8. The molecule has 0 aliphatic carbocycles. The highest BCUT2D eigenvalue weighted by Gasteiger charge is 2.32. The van der Waals surface area contributed by atoms with Crippen molar-refractivity contribution in [3.05, 3.63) is 53.9 Å². The molecule has 2 N–H and O–H groups in total. The molecule has 9 heteroatoms. The predicted molar refractivity (Wildman–Crippen MR) is 89.3 cm³/mol. The number of hydrogen-bond acceptors (Lipinski definition) is 5. The molecule has 2 aromatic rings. The molecule has 2 heterocycles. The molecule has 0 bridgehead atoms. The van der Waals surface area contributed by atoms with E-state index < -0.39 is 12.5 Å². The number of aliphatic hydroxyl groups excluding tert-OH is 1. The van der Waals surface area contributed by atoms with Crippen molar-refractivity contribution in [1.82, 2.24) is 15.1 Å². The molecule has 1 aliphatic heterocycles. The summed E-state index contributed by atoms with van der Waals surface area (Å²) in [6.45, 7) is 1.71. The van der Waals surface area contributed by atoms with Crippen molar-refractivity contribution < 1.29 is 23.0 Å². The highest BCUT2D eigenvalue weighted by molar-refractivity contribution is 5.86. The number of aromatic nitrogens is 2. The van der Waals surface area contributed by atoms with E-state index in [9.17, 15) is 18.3 Å². The van der Waals surface area contributed by atoms with E-state index >= 15 is 0 Å². The molecule has 0 spiro atoms. The van der Waals surface area contributed by atoms with Crippen LogP contribution in [0.4, 0.5) is 13.2 Å². The minimum atomic E-state index is -4.74. The predicted octanol–water partition coefficient (Wildman–Crippen LogP) is 3.12. The van der Waals surface area contributed by atoms with E-state index in [4.69, 9.17) is 0 Å². The second kappa shape index (κ2) is 7.20. The number of halogens is 3. The third-order valence-corrected chi connectivity index (χ3v) is 3.91. The number of benzene rings is 1. The first-order valence-electron chi connectivity index (χ1n) is 7.87. The zero-order valence-electron chi connectivity index (χ0n) is 13.8. The number of ether oxygens (including phenoxy) is 1. The van der Waals surface area contributed by atoms with Crippen molar-refractivity contribution in [3.63, 3.8) is 0 Å². The first kappa shape index (κ1) is 18.0. The van der Waals surface area contributed by atoms with Crippen molar-refractivity contribution >= 4 is 11.9 Å². The standard InChI is InChI=1S/C17H17F3N4O2/c1-11(10-25)24-15(7-8-21-16(24)14-6-9-22-23-14)12-2-4-13(5-3-12)26-17(18,19)20/h2-9,11,16,25H,10H2,1H3,(H,22,23)/t11-,16?/m0/s1. The summed E-state index contributed by atoms with van der Waals surface area (Å²) >= 11 is 0. The van der Waals surface area contributed by atoms with Gasteiger partial charge in [0.1, 0.15) is 11.4 Å². The summed E-state index contributed by atoms with van der Waals surface area (Å²) in [4.78, 5) is 6.29. The van der Waals surface area contributed by atoms with Crippen LogP contribution in [0.2, 0.25) is 0 Å². The molecule has 1 unspecified atom stereocenters. The fourth-order valence-electron chi connectivity index (χ4n) is 2.76. The molecule has 6 nitrogen and oxygen atoms in total. The van der Waals surface area contributed by atoms with Gasteiger partial charge in [-0.2, -0.15) is 5.10 Å². The van der Waals surface area contributed by atoms with Gasteiger partial charge in [-0.3, -0.25) is 10.1 Å². The number of aliphatic hydroxyl groups is 1. The van der Waals surface area contributed by atoms with Crippen LogP contribution in [0.3, 0.4) is 0 Å². The molecule has 0 saturated carbocycles. The Morgan fingerprint density at radius 3 is 2.58 bits per heavy atom. The Bertz CT molecular complexity index is 785. The summed E-state index contributed by atoms with van der Waals surface area (Å²) in [5, 5.41) is 16.5. The first-order valence-corrected chi connectivity index (χ1v) is 7.87. The third kappa shape index (κ3) is 3.88. The van der Waals surface area contributed by atoms with E-state index in [2.05, 4.69) is 19.9 Å². The molecule has 1 aliphatic rings. The van der Waals surface area contributed by atoms with Gasteiger partial charge in [0.25, 0.3) is 0 Å². The molecule has 0 amide bonds. The minimum Gasteiger partial charge on any atom is -0.406 e. The lowest BCUT2D eigenvalue weighted by Crippen LogP contribution is -2.38. The van der Waals surface area contributed by atoms with Gasteiger partial charge in [0, 0.05) is 18.1 Å². The summed E-state index contributed by atoms with van der Waals surface area (Å²) in [7, 11) is 0. The fourth-order valence-corrected chi connectivity index (χ4v) is 2.76. The Morgan fingerprint density at radius 2 is 2.00 bits per heavy atom. The van der Waals surface area contributed by atoms with Crippen LogP contribution in [-0.2, 0) is 0 Å². The number of rotatable bonds is 5. The smallest absolute Gasteiger partial charge is 0.406 e. The van der Waals surface area contributed by atoms with E-state index in [1.54, 1.807) is 24.6 Å². The summed E-state index contributed by atoms with van der Waals surface area (Å²) in [5.41, 5.74) is 2.06. The first-order chi connectivity index (χ1) is 12.4. The second-order valence-corrected chi connectivity index (χ2v) is 5.73. The average Bonchev–Trinajstić information content (AvgIpc) is 3.14. The molecule has 0 fully saturated rings. The highest BCUT2D eigenvalue weighted by atomic mass is 19.4. The maximum Gasteiger partial charge on any atom is 0.573 e. The Morgan fingerprint density at radius 1 is 1.27 bits per heavy atom. The quantitative estimate of drug-likeness (QED) is 0.853. The molecule has 26 heavy (non-hydrogen) atoms. The van der Waals surface area contributed by atoms with Crippen molar-refractivity contribution in [2.45, 2.75) is 25.5 Å². The van der Waals surface area contributed by atoms with Gasteiger partial charge in [-0.25, -0.2) is 0 Å². The van der Waals surface area contributed by atoms with Crippen LogP contribution in [0.25, 0.3) is 5.70 Å². The van der Waals surface area contributed by atoms with Crippen LogP contribution in [-0.4, -0.2) is 45.4 Å². The van der Waals surface area contributed by atoms with Gasteiger partial charge in [-0.05, 0) is 48.9 Å². The van der Waals surface area contributed by atoms with Crippen molar-refractivity contribution in [2.75, 3.05) is 6.61 Å². The highest BCUT2D eigenvalue weighted by Crippen LogP contribution is 2.35. The van der Waals surface area contributed by atoms with Gasteiger partial charge in [0.2, 0.25) is 0 Å². The van der Waals surface area contributed by atoms with Crippen LogP contribution in [0.5, 0.6) is 5.75 Å². The van der Waals surface area contributed by atoms with Crippen molar-refractivity contribution in [3.8, 4) is 5.75 Å². The number of hydrogen-bond donors (Lipinski definition) is 2. The number of aromatic amines is 1. The van der Waals surface area contributed by atoms with Gasteiger partial charge < -0.3 is 14.7 Å². The number of alkyl halides is 3. The van der Waals surface area contributed by atoms with Crippen LogP contribution < -0.4 is 4.74 Å². The Hall–Kier alpha value is -2.81. The van der Waals surface area contributed by atoms with E-state index in [0.717, 1.165) is 0 Å². The molecular formula is C17H17F3N4O2. The molecule has 0 radical (unpaired) electrons. The fraction of sp³-hybridized carbons (Fsp3) is 0.294. The van der Waals surface area contributed by atoms with Crippen LogP contribution in [0, 0.1) is 0 Å². The maximum atomic E-state index is 12.3. The number of nitrogens with one attached hydrogen (secondary N) is 1. The number of allylic oxidation sites excluding steroid dienone is 1. The molecule has 1 aromatic heterocycles. The van der Waals surface area contributed by atoms with Crippen LogP contribution in [0.1, 0.15) is 24.3 Å². The largest absolute Gasteiger partial charge is 0.573 e. The third-order valence-electron chi connectivity index (χ3n) is 3.91. The number of aliphatic imine (C=N–C) groups is 1. The van der Waals surface area contributed by atoms with Gasteiger partial charge in [0.05, 0.1) is 12.6 Å². The molecule has 3 rings (SSSR count). The SMILES string of the molecule is C[C@@H](CO)N1C(c2ccc(OC(F)(F)F)cc2)=CC=NC1c1cc[nH]n1. The maximum absolute atomic E-state index is 12.3. The van der Waals surface area contributed by atoms with E-state index in [1.807, 2.05) is 11.8 Å². The van der Waals surface area contributed by atoms with Crippen LogP contribution >= 0.6 is 0 Å². The number of H-pyrrole nitrogens is 1. The van der Waals surface area contributed by atoms with Gasteiger partial charge in [-0.15, -0.1) is 13.2 Å². The van der Waals surface area contributed by atoms with E-state index in [1.165, 1.54) is 24.3 Å². The minimum absolute atomic E-state index is 0.122. The summed E-state index contributed by atoms with van der Waals surface area (Å²) < 4.78 is 40.9. The Balaban J connectivity index is 1.91.